The van der Waals surface area contributed by atoms with Gasteiger partial charge in [0.05, 0.1) is 16.8 Å². The van der Waals surface area contributed by atoms with E-state index in [1.54, 1.807) is 4.57 Å². The topological polar surface area (TPSA) is 64.0 Å². The van der Waals surface area contributed by atoms with Crippen molar-refractivity contribution in [1.29, 1.82) is 0 Å². The molecule has 0 saturated carbocycles. The summed E-state index contributed by atoms with van der Waals surface area (Å²) < 4.78 is 14.7. The minimum absolute atomic E-state index is 0.0544. The van der Waals surface area contributed by atoms with Crippen molar-refractivity contribution < 1.29 is 9.18 Å². The van der Waals surface area contributed by atoms with Gasteiger partial charge in [0.2, 0.25) is 5.91 Å². The van der Waals surface area contributed by atoms with Crippen LogP contribution in [0.25, 0.3) is 0 Å². The first-order chi connectivity index (χ1) is 11.8. The third kappa shape index (κ3) is 3.88. The Bertz CT molecular complexity index is 885. The van der Waals surface area contributed by atoms with Gasteiger partial charge in [-0.3, -0.25) is 14.2 Å². The number of thioether (sulfide) groups is 1. The molecule has 2 aromatic rings. The molecule has 1 aromatic carbocycles. The van der Waals surface area contributed by atoms with Crippen molar-refractivity contribution in [2.24, 2.45) is 0 Å². The van der Waals surface area contributed by atoms with Crippen LogP contribution in [0.1, 0.15) is 37.9 Å². The molecular weight excluding hydrogens is 365 g/mol. The first-order valence-corrected chi connectivity index (χ1v) is 9.22. The summed E-state index contributed by atoms with van der Waals surface area (Å²) in [4.78, 5) is 29.2. The van der Waals surface area contributed by atoms with E-state index in [2.05, 4.69) is 10.3 Å². The Morgan fingerprint density at radius 2 is 2.24 bits per heavy atom. The number of rotatable bonds is 4. The van der Waals surface area contributed by atoms with Crippen LogP contribution < -0.4 is 10.9 Å². The minimum atomic E-state index is -0.542. The lowest BCUT2D eigenvalue weighted by molar-refractivity contribution is -0.116. The number of anilines is 1. The number of nitrogens with zero attached hydrogens (tertiary/aromatic N) is 2. The summed E-state index contributed by atoms with van der Waals surface area (Å²) in [5.74, 6) is -0.0217. The molecular formula is C17H17ClFN3O2S. The number of benzene rings is 1. The van der Waals surface area contributed by atoms with Gasteiger partial charge in [0.25, 0.3) is 5.56 Å². The largest absolute Gasteiger partial charge is 0.326 e. The zero-order chi connectivity index (χ0) is 18.1. The predicted molar refractivity (Wildman–Crippen MR) is 97.0 cm³/mol. The van der Waals surface area contributed by atoms with E-state index in [-0.39, 0.29) is 34.9 Å². The van der Waals surface area contributed by atoms with E-state index >= 15 is 0 Å². The van der Waals surface area contributed by atoms with Gasteiger partial charge in [-0.1, -0.05) is 37.2 Å². The molecule has 1 amide bonds. The molecule has 0 aliphatic carbocycles. The standard InChI is InChI=1S/C17H17ClFN3O2S/c1-9(2)14-7-16(24)22-11(8-25-17(22)21-14)6-15(23)20-10-3-4-13(19)12(18)5-10/h3-5,7,9,11H,6,8H2,1-2H3,(H,20,23)/t11-/m0/s1. The molecule has 132 valence electrons. The molecule has 0 bridgehead atoms. The Morgan fingerprint density at radius 1 is 1.48 bits per heavy atom. The van der Waals surface area contributed by atoms with E-state index in [1.807, 2.05) is 13.8 Å². The third-order valence-electron chi connectivity index (χ3n) is 3.93. The van der Waals surface area contributed by atoms with Crippen molar-refractivity contribution in [3.63, 3.8) is 0 Å². The van der Waals surface area contributed by atoms with E-state index in [9.17, 15) is 14.0 Å². The number of carbonyl (C=O) groups excluding carboxylic acids is 1. The molecule has 0 radical (unpaired) electrons. The molecule has 0 saturated heterocycles. The fourth-order valence-electron chi connectivity index (χ4n) is 2.62. The number of carbonyl (C=O) groups is 1. The van der Waals surface area contributed by atoms with Crippen LogP contribution in [0.15, 0.2) is 34.2 Å². The lowest BCUT2D eigenvalue weighted by Crippen LogP contribution is -2.28. The molecule has 2 heterocycles. The van der Waals surface area contributed by atoms with Crippen LogP contribution in [0.4, 0.5) is 10.1 Å². The Balaban J connectivity index is 1.74. The summed E-state index contributed by atoms with van der Waals surface area (Å²) in [5, 5.41) is 3.28. The number of hydrogen-bond donors (Lipinski definition) is 1. The zero-order valence-electron chi connectivity index (χ0n) is 13.8. The molecule has 5 nitrogen and oxygen atoms in total. The molecule has 1 aliphatic rings. The molecule has 1 atom stereocenters. The number of halogens is 2. The Labute approximate surface area is 153 Å². The van der Waals surface area contributed by atoms with E-state index in [4.69, 9.17) is 11.6 Å². The second-order valence-electron chi connectivity index (χ2n) is 6.17. The molecule has 1 aliphatic heterocycles. The predicted octanol–water partition coefficient (Wildman–Crippen LogP) is 3.83. The van der Waals surface area contributed by atoms with E-state index in [0.717, 1.165) is 5.69 Å². The van der Waals surface area contributed by atoms with Crippen molar-refractivity contribution in [3.8, 4) is 0 Å². The lowest BCUT2D eigenvalue weighted by atomic mass is 10.1. The average Bonchev–Trinajstić information content (AvgIpc) is 2.94. The molecule has 0 unspecified atom stereocenters. The van der Waals surface area contributed by atoms with Gasteiger partial charge in [-0.05, 0) is 24.1 Å². The number of amides is 1. The Morgan fingerprint density at radius 3 is 2.92 bits per heavy atom. The molecule has 1 aromatic heterocycles. The van der Waals surface area contributed by atoms with Gasteiger partial charge in [-0.2, -0.15) is 0 Å². The number of aromatic nitrogens is 2. The first kappa shape index (κ1) is 17.9. The summed E-state index contributed by atoms with van der Waals surface area (Å²) >= 11 is 7.19. The van der Waals surface area contributed by atoms with Crippen LogP contribution in [-0.4, -0.2) is 21.2 Å². The highest BCUT2D eigenvalue weighted by atomic mass is 35.5. The highest BCUT2D eigenvalue weighted by Crippen LogP contribution is 2.33. The van der Waals surface area contributed by atoms with Crippen molar-refractivity contribution in [3.05, 3.63) is 51.2 Å². The average molecular weight is 382 g/mol. The zero-order valence-corrected chi connectivity index (χ0v) is 15.3. The molecule has 1 N–H and O–H groups in total. The second kappa shape index (κ2) is 7.17. The fraction of sp³-hybridized carbons (Fsp3) is 0.353. The summed E-state index contributed by atoms with van der Waals surface area (Å²) in [7, 11) is 0. The van der Waals surface area contributed by atoms with E-state index in [0.29, 0.717) is 16.6 Å². The fourth-order valence-corrected chi connectivity index (χ4v) is 3.95. The SMILES string of the molecule is CC(C)c1cc(=O)n2c(n1)SC[C@@H]2CC(=O)Nc1ccc(F)c(Cl)c1. The first-order valence-electron chi connectivity index (χ1n) is 7.86. The quantitative estimate of drug-likeness (QED) is 0.817. The van der Waals surface area contributed by atoms with Gasteiger partial charge in [0.15, 0.2) is 5.16 Å². The minimum Gasteiger partial charge on any atom is -0.326 e. The smallest absolute Gasteiger partial charge is 0.254 e. The summed E-state index contributed by atoms with van der Waals surface area (Å²) in [6.07, 6.45) is 0.137. The number of hydrogen-bond acceptors (Lipinski definition) is 4. The van der Waals surface area contributed by atoms with E-state index < -0.39 is 5.82 Å². The van der Waals surface area contributed by atoms with Crippen molar-refractivity contribution in [2.45, 2.75) is 37.4 Å². The normalized spacial score (nSPS) is 16.1. The number of nitrogens with one attached hydrogen (secondary N) is 1. The monoisotopic (exact) mass is 381 g/mol. The molecule has 25 heavy (non-hydrogen) atoms. The van der Waals surface area contributed by atoms with Crippen LogP contribution in [-0.2, 0) is 4.79 Å². The van der Waals surface area contributed by atoms with Crippen LogP contribution >= 0.6 is 23.4 Å². The van der Waals surface area contributed by atoms with Gasteiger partial charge >= 0.3 is 0 Å². The van der Waals surface area contributed by atoms with Crippen molar-refractivity contribution in [1.82, 2.24) is 9.55 Å². The van der Waals surface area contributed by atoms with Gasteiger partial charge in [0.1, 0.15) is 5.82 Å². The van der Waals surface area contributed by atoms with Crippen LogP contribution in [0.5, 0.6) is 0 Å². The maximum Gasteiger partial charge on any atom is 0.254 e. The van der Waals surface area contributed by atoms with Crippen LogP contribution in [0, 0.1) is 5.82 Å². The number of fused-ring (bicyclic) bond motifs is 1. The maximum atomic E-state index is 13.2. The van der Waals surface area contributed by atoms with Gasteiger partial charge < -0.3 is 5.32 Å². The lowest BCUT2D eigenvalue weighted by Gasteiger charge is -2.14. The van der Waals surface area contributed by atoms with Crippen molar-refractivity contribution >= 4 is 35.0 Å². The second-order valence-corrected chi connectivity index (χ2v) is 7.57. The summed E-state index contributed by atoms with van der Waals surface area (Å²) in [6, 6.07) is 5.27. The van der Waals surface area contributed by atoms with Crippen molar-refractivity contribution in [2.75, 3.05) is 11.1 Å². The molecule has 3 rings (SSSR count). The van der Waals surface area contributed by atoms with Gasteiger partial charge in [0, 0.05) is 23.9 Å². The van der Waals surface area contributed by atoms with Crippen LogP contribution in [0.2, 0.25) is 5.02 Å². The highest BCUT2D eigenvalue weighted by molar-refractivity contribution is 7.99. The third-order valence-corrected chi connectivity index (χ3v) is 5.31. The van der Waals surface area contributed by atoms with Gasteiger partial charge in [-0.15, -0.1) is 0 Å². The molecule has 0 spiro atoms. The molecule has 8 heteroatoms. The summed E-state index contributed by atoms with van der Waals surface area (Å²) in [6.45, 7) is 3.97. The maximum absolute atomic E-state index is 13.2. The van der Waals surface area contributed by atoms with E-state index in [1.165, 1.54) is 36.0 Å². The summed E-state index contributed by atoms with van der Waals surface area (Å²) in [5.41, 5.74) is 1.04. The highest BCUT2D eigenvalue weighted by Gasteiger charge is 2.28. The Hall–Kier alpha value is -1.86. The van der Waals surface area contributed by atoms with Gasteiger partial charge in [-0.25, -0.2) is 9.37 Å². The molecule has 0 fully saturated rings. The van der Waals surface area contributed by atoms with Crippen LogP contribution in [0.3, 0.4) is 0 Å². The Kier molecular flexibility index (Phi) is 5.15.